The normalized spacial score (nSPS) is 13.3. The van der Waals surface area contributed by atoms with Crippen LogP contribution in [0.3, 0.4) is 0 Å². The molecule has 4 heteroatoms. The van der Waals surface area contributed by atoms with E-state index in [1.807, 2.05) is 0 Å². The number of unbranched alkanes of at least 4 members (excludes halogenated alkanes) is 1. The van der Waals surface area contributed by atoms with E-state index < -0.39 is 0 Å². The molecule has 122 valence electrons. The summed E-state index contributed by atoms with van der Waals surface area (Å²) >= 11 is 0. The van der Waals surface area contributed by atoms with E-state index in [-0.39, 0.29) is 30.9 Å². The summed E-state index contributed by atoms with van der Waals surface area (Å²) in [5.74, 6) is -0.258. The Morgan fingerprint density at radius 2 is 1.86 bits per heavy atom. The van der Waals surface area contributed by atoms with E-state index in [4.69, 9.17) is 9.47 Å². The van der Waals surface area contributed by atoms with Gasteiger partial charge in [-0.25, -0.2) is 0 Å². The molecule has 0 bridgehead atoms. The quantitative estimate of drug-likeness (QED) is 0.403. The highest BCUT2D eigenvalue weighted by molar-refractivity contribution is 5.77. The van der Waals surface area contributed by atoms with Crippen LogP contribution in [0.15, 0.2) is 12.7 Å². The molecule has 0 amide bonds. The van der Waals surface area contributed by atoms with Crippen LogP contribution in [0.1, 0.15) is 65.7 Å². The molecule has 4 nitrogen and oxygen atoms in total. The first-order valence-electron chi connectivity index (χ1n) is 7.99. The summed E-state index contributed by atoms with van der Waals surface area (Å²) in [4.78, 5) is 23.1. The Morgan fingerprint density at radius 1 is 1.19 bits per heavy atom. The lowest BCUT2D eigenvalue weighted by Crippen LogP contribution is -2.17. The lowest BCUT2D eigenvalue weighted by atomic mass is 10.0. The maximum Gasteiger partial charge on any atom is 0.306 e. The molecule has 0 N–H and O–H groups in total. The average Bonchev–Trinajstić information content (AvgIpc) is 2.45. The predicted octanol–water partition coefficient (Wildman–Crippen LogP) is 4.03. The number of ether oxygens (including phenoxy) is 2. The monoisotopic (exact) mass is 298 g/mol. The van der Waals surface area contributed by atoms with Gasteiger partial charge in [0.05, 0.1) is 19.4 Å². The molecule has 0 heterocycles. The first-order chi connectivity index (χ1) is 10.0. The fourth-order valence-corrected chi connectivity index (χ4v) is 1.95. The molecule has 2 unspecified atom stereocenters. The van der Waals surface area contributed by atoms with Crippen molar-refractivity contribution in [2.75, 3.05) is 6.61 Å². The van der Waals surface area contributed by atoms with E-state index in [0.717, 1.165) is 25.7 Å². The summed E-state index contributed by atoms with van der Waals surface area (Å²) in [6.07, 6.45) is 6.69. The minimum absolute atomic E-state index is 0.0755. The van der Waals surface area contributed by atoms with Crippen molar-refractivity contribution >= 4 is 11.9 Å². The Balaban J connectivity index is 3.83. The van der Waals surface area contributed by atoms with Crippen LogP contribution in [0.2, 0.25) is 0 Å². The first kappa shape index (κ1) is 19.7. The maximum absolute atomic E-state index is 11.6. The predicted molar refractivity (Wildman–Crippen MR) is 83.9 cm³/mol. The molecule has 0 spiro atoms. The van der Waals surface area contributed by atoms with Crippen LogP contribution in [0, 0.1) is 5.92 Å². The highest BCUT2D eigenvalue weighted by Crippen LogP contribution is 2.13. The lowest BCUT2D eigenvalue weighted by molar-refractivity contribution is -0.153. The van der Waals surface area contributed by atoms with Crippen molar-refractivity contribution in [3.63, 3.8) is 0 Å². The Kier molecular flexibility index (Phi) is 11.6. The third-order valence-electron chi connectivity index (χ3n) is 3.39. The van der Waals surface area contributed by atoms with Crippen molar-refractivity contribution in [3.8, 4) is 0 Å². The Labute approximate surface area is 128 Å². The smallest absolute Gasteiger partial charge is 0.306 e. The molecule has 0 saturated carbocycles. The summed E-state index contributed by atoms with van der Waals surface area (Å²) < 4.78 is 10.4. The summed E-state index contributed by atoms with van der Waals surface area (Å²) in [7, 11) is 0. The lowest BCUT2D eigenvalue weighted by Gasteiger charge is -2.14. The molecule has 0 aromatic rings. The molecule has 0 aliphatic carbocycles. The topological polar surface area (TPSA) is 52.6 Å². The molecule has 2 atom stereocenters. The number of hydrogen-bond donors (Lipinski definition) is 0. The molecular formula is C17H30O4. The van der Waals surface area contributed by atoms with Gasteiger partial charge in [-0.3, -0.25) is 9.59 Å². The van der Waals surface area contributed by atoms with Crippen LogP contribution in [-0.4, -0.2) is 24.6 Å². The van der Waals surface area contributed by atoms with Crippen LogP contribution in [0.4, 0.5) is 0 Å². The van der Waals surface area contributed by atoms with E-state index in [9.17, 15) is 9.59 Å². The number of hydrogen-bond acceptors (Lipinski definition) is 4. The van der Waals surface area contributed by atoms with Crippen molar-refractivity contribution in [2.24, 2.45) is 5.92 Å². The second kappa shape index (κ2) is 12.4. The van der Waals surface area contributed by atoms with Crippen LogP contribution in [0.25, 0.3) is 0 Å². The molecule has 0 aliphatic heterocycles. The zero-order valence-electron chi connectivity index (χ0n) is 13.7. The number of carbonyl (C=O) groups is 2. The number of esters is 2. The van der Waals surface area contributed by atoms with Crippen LogP contribution < -0.4 is 0 Å². The Bertz CT molecular complexity index is 312. The second-order valence-electron chi connectivity index (χ2n) is 5.42. The van der Waals surface area contributed by atoms with E-state index >= 15 is 0 Å². The largest absolute Gasteiger partial charge is 0.465 e. The van der Waals surface area contributed by atoms with Crippen molar-refractivity contribution in [2.45, 2.75) is 71.8 Å². The summed E-state index contributed by atoms with van der Waals surface area (Å²) in [5, 5.41) is 0. The van der Waals surface area contributed by atoms with Gasteiger partial charge in [0.1, 0.15) is 6.10 Å². The van der Waals surface area contributed by atoms with Crippen molar-refractivity contribution in [3.05, 3.63) is 12.7 Å². The third-order valence-corrected chi connectivity index (χ3v) is 3.39. The second-order valence-corrected chi connectivity index (χ2v) is 5.42. The summed E-state index contributed by atoms with van der Waals surface area (Å²) in [6, 6.07) is 0. The van der Waals surface area contributed by atoms with E-state index in [2.05, 4.69) is 20.4 Å². The van der Waals surface area contributed by atoms with Gasteiger partial charge in [0.2, 0.25) is 0 Å². The zero-order valence-corrected chi connectivity index (χ0v) is 13.7. The fourth-order valence-electron chi connectivity index (χ4n) is 1.95. The molecular weight excluding hydrogens is 268 g/mol. The van der Waals surface area contributed by atoms with Gasteiger partial charge in [-0.05, 0) is 19.3 Å². The highest BCUT2D eigenvalue weighted by Gasteiger charge is 2.13. The van der Waals surface area contributed by atoms with E-state index in [0.29, 0.717) is 18.9 Å². The molecule has 0 fully saturated rings. The molecule has 0 saturated heterocycles. The molecule has 0 radical (unpaired) electrons. The Morgan fingerprint density at radius 3 is 2.43 bits per heavy atom. The van der Waals surface area contributed by atoms with Crippen LogP contribution >= 0.6 is 0 Å². The standard InChI is InChI=1S/C17H30O4/c1-5-8-10-15(7-3)13-20-16(18)11-12-17(19)21-14(4)9-6-2/h6,14-15H,2,5,7-13H2,1,3-4H3. The molecule has 0 aromatic heterocycles. The van der Waals surface area contributed by atoms with Crippen molar-refractivity contribution in [1.29, 1.82) is 0 Å². The molecule has 21 heavy (non-hydrogen) atoms. The Hall–Kier alpha value is -1.32. The van der Waals surface area contributed by atoms with Crippen molar-refractivity contribution in [1.82, 2.24) is 0 Å². The van der Waals surface area contributed by atoms with Gasteiger partial charge in [-0.15, -0.1) is 6.58 Å². The van der Waals surface area contributed by atoms with Gasteiger partial charge in [-0.1, -0.05) is 39.2 Å². The molecule has 0 aromatic carbocycles. The average molecular weight is 298 g/mol. The van der Waals surface area contributed by atoms with E-state index in [1.54, 1.807) is 13.0 Å². The number of carbonyl (C=O) groups excluding carboxylic acids is 2. The van der Waals surface area contributed by atoms with Crippen LogP contribution in [-0.2, 0) is 19.1 Å². The van der Waals surface area contributed by atoms with Gasteiger partial charge in [-0.2, -0.15) is 0 Å². The van der Waals surface area contributed by atoms with Gasteiger partial charge in [0.25, 0.3) is 0 Å². The first-order valence-corrected chi connectivity index (χ1v) is 7.99. The van der Waals surface area contributed by atoms with Gasteiger partial charge < -0.3 is 9.47 Å². The maximum atomic E-state index is 11.6. The van der Waals surface area contributed by atoms with Gasteiger partial charge in [0, 0.05) is 6.42 Å². The van der Waals surface area contributed by atoms with Crippen LogP contribution in [0.5, 0.6) is 0 Å². The SMILES string of the molecule is C=CCC(C)OC(=O)CCC(=O)OCC(CC)CCCC. The summed E-state index contributed by atoms with van der Waals surface area (Å²) in [6.45, 7) is 10.1. The minimum Gasteiger partial charge on any atom is -0.465 e. The molecule has 0 aliphatic rings. The van der Waals surface area contributed by atoms with Gasteiger partial charge >= 0.3 is 11.9 Å². The zero-order chi connectivity index (χ0) is 16.1. The highest BCUT2D eigenvalue weighted by atomic mass is 16.5. The number of rotatable bonds is 12. The van der Waals surface area contributed by atoms with E-state index in [1.165, 1.54) is 0 Å². The minimum atomic E-state index is -0.362. The summed E-state index contributed by atoms with van der Waals surface area (Å²) in [5.41, 5.74) is 0. The van der Waals surface area contributed by atoms with Crippen molar-refractivity contribution < 1.29 is 19.1 Å². The molecule has 0 rings (SSSR count). The van der Waals surface area contributed by atoms with Gasteiger partial charge in [0.15, 0.2) is 0 Å². The third kappa shape index (κ3) is 11.1. The fraction of sp³-hybridized carbons (Fsp3) is 0.765.